The van der Waals surface area contributed by atoms with E-state index in [1.807, 2.05) is 0 Å². The van der Waals surface area contributed by atoms with Gasteiger partial charge >= 0.3 is 5.97 Å². The molecule has 0 aromatic carbocycles. The lowest BCUT2D eigenvalue weighted by atomic mass is 10.3. The first-order chi connectivity index (χ1) is 6.77. The molecule has 0 saturated carbocycles. The van der Waals surface area contributed by atoms with Crippen molar-refractivity contribution in [2.75, 3.05) is 18.9 Å². The summed E-state index contributed by atoms with van der Waals surface area (Å²) in [7, 11) is 0. The molecular weight excluding hydrogens is 186 g/mol. The highest BCUT2D eigenvalue weighted by Crippen LogP contribution is 2.13. The fourth-order valence-electron chi connectivity index (χ4n) is 1.28. The predicted molar refractivity (Wildman–Crippen MR) is 47.6 cm³/mol. The lowest BCUT2D eigenvalue weighted by Crippen LogP contribution is -2.19. The van der Waals surface area contributed by atoms with E-state index < -0.39 is 5.97 Å². The average molecular weight is 197 g/mol. The minimum Gasteiger partial charge on any atom is -0.455 e. The number of ether oxygens (including phenoxy) is 2. The number of nitrogen functional groups attached to an aromatic ring is 1. The van der Waals surface area contributed by atoms with E-state index in [1.54, 1.807) is 0 Å². The Hall–Kier alpha value is -1.56. The number of nitrogens with zero attached hydrogens (tertiary/aromatic N) is 1. The molecule has 1 aliphatic rings. The van der Waals surface area contributed by atoms with Crippen LogP contribution in [-0.4, -0.2) is 35.5 Å². The van der Waals surface area contributed by atoms with Crippen molar-refractivity contribution in [2.45, 2.75) is 12.5 Å². The SMILES string of the molecule is Nc1cn[nH]c1C(=O)OC1CCOC1. The summed E-state index contributed by atoms with van der Waals surface area (Å²) in [6.45, 7) is 1.09. The van der Waals surface area contributed by atoms with E-state index in [0.717, 1.165) is 6.42 Å². The summed E-state index contributed by atoms with van der Waals surface area (Å²) in [4.78, 5) is 11.5. The van der Waals surface area contributed by atoms with Gasteiger partial charge in [-0.3, -0.25) is 5.10 Å². The highest BCUT2D eigenvalue weighted by molar-refractivity contribution is 5.92. The monoisotopic (exact) mass is 197 g/mol. The lowest BCUT2D eigenvalue weighted by molar-refractivity contribution is 0.0265. The highest BCUT2D eigenvalue weighted by Gasteiger charge is 2.22. The molecule has 0 bridgehead atoms. The van der Waals surface area contributed by atoms with Crippen LogP contribution in [0.2, 0.25) is 0 Å². The number of esters is 1. The Bertz CT molecular complexity index is 330. The third kappa shape index (κ3) is 1.69. The molecule has 0 aliphatic carbocycles. The third-order valence-electron chi connectivity index (χ3n) is 2.03. The van der Waals surface area contributed by atoms with Crippen LogP contribution in [0.5, 0.6) is 0 Å². The van der Waals surface area contributed by atoms with Gasteiger partial charge in [-0.2, -0.15) is 5.10 Å². The van der Waals surface area contributed by atoms with Gasteiger partial charge in [0.1, 0.15) is 6.10 Å². The first kappa shape index (κ1) is 9.01. The van der Waals surface area contributed by atoms with Crippen LogP contribution in [-0.2, 0) is 9.47 Å². The van der Waals surface area contributed by atoms with Gasteiger partial charge in [-0.25, -0.2) is 4.79 Å². The molecular formula is C8H11N3O3. The van der Waals surface area contributed by atoms with Gasteiger partial charge in [0.2, 0.25) is 0 Å². The van der Waals surface area contributed by atoms with Gasteiger partial charge in [-0.15, -0.1) is 0 Å². The molecule has 1 aliphatic heterocycles. The molecule has 2 heterocycles. The van der Waals surface area contributed by atoms with E-state index in [-0.39, 0.29) is 11.8 Å². The second kappa shape index (κ2) is 3.67. The first-order valence-corrected chi connectivity index (χ1v) is 4.35. The van der Waals surface area contributed by atoms with Crippen molar-refractivity contribution in [3.63, 3.8) is 0 Å². The smallest absolute Gasteiger partial charge is 0.358 e. The quantitative estimate of drug-likeness (QED) is 0.648. The highest BCUT2D eigenvalue weighted by atomic mass is 16.6. The van der Waals surface area contributed by atoms with Gasteiger partial charge in [0.25, 0.3) is 0 Å². The maximum Gasteiger partial charge on any atom is 0.358 e. The molecule has 1 saturated heterocycles. The molecule has 14 heavy (non-hydrogen) atoms. The van der Waals surface area contributed by atoms with Crippen LogP contribution in [0.4, 0.5) is 5.69 Å². The number of nitrogens with two attached hydrogens (primary N) is 1. The Morgan fingerprint density at radius 3 is 3.21 bits per heavy atom. The normalized spacial score (nSPS) is 21.0. The number of anilines is 1. The molecule has 1 atom stereocenters. The second-order valence-corrected chi connectivity index (χ2v) is 3.09. The van der Waals surface area contributed by atoms with Crippen molar-refractivity contribution in [2.24, 2.45) is 0 Å². The molecule has 0 radical (unpaired) electrons. The van der Waals surface area contributed by atoms with Gasteiger partial charge in [0, 0.05) is 6.42 Å². The molecule has 1 unspecified atom stereocenters. The summed E-state index contributed by atoms with van der Waals surface area (Å²) >= 11 is 0. The summed E-state index contributed by atoms with van der Waals surface area (Å²) in [6, 6.07) is 0. The van der Waals surface area contributed by atoms with Crippen LogP contribution < -0.4 is 5.73 Å². The number of H-pyrrole nitrogens is 1. The Morgan fingerprint density at radius 2 is 2.64 bits per heavy atom. The molecule has 3 N–H and O–H groups in total. The van der Waals surface area contributed by atoms with Crippen LogP contribution >= 0.6 is 0 Å². The zero-order chi connectivity index (χ0) is 9.97. The fourth-order valence-corrected chi connectivity index (χ4v) is 1.28. The summed E-state index contributed by atoms with van der Waals surface area (Å²) in [6.07, 6.45) is 1.95. The number of aromatic nitrogens is 2. The molecule has 1 aromatic heterocycles. The van der Waals surface area contributed by atoms with E-state index in [1.165, 1.54) is 6.20 Å². The van der Waals surface area contributed by atoms with Gasteiger partial charge in [-0.1, -0.05) is 0 Å². The minimum atomic E-state index is -0.476. The molecule has 6 nitrogen and oxygen atoms in total. The van der Waals surface area contributed by atoms with E-state index in [4.69, 9.17) is 15.2 Å². The van der Waals surface area contributed by atoms with E-state index in [9.17, 15) is 4.79 Å². The van der Waals surface area contributed by atoms with Crippen LogP contribution in [0.15, 0.2) is 6.20 Å². The number of rotatable bonds is 2. The molecule has 6 heteroatoms. The van der Waals surface area contributed by atoms with E-state index in [0.29, 0.717) is 18.9 Å². The van der Waals surface area contributed by atoms with Crippen LogP contribution in [0.3, 0.4) is 0 Å². The van der Waals surface area contributed by atoms with Crippen molar-refractivity contribution < 1.29 is 14.3 Å². The summed E-state index contributed by atoms with van der Waals surface area (Å²) in [5, 5.41) is 6.12. The van der Waals surface area contributed by atoms with E-state index in [2.05, 4.69) is 10.2 Å². The summed E-state index contributed by atoms with van der Waals surface area (Å²) in [5.74, 6) is -0.476. The lowest BCUT2D eigenvalue weighted by Gasteiger charge is -2.08. The molecule has 0 amide bonds. The van der Waals surface area contributed by atoms with E-state index >= 15 is 0 Å². The van der Waals surface area contributed by atoms with Crippen molar-refractivity contribution in [3.05, 3.63) is 11.9 Å². The van der Waals surface area contributed by atoms with Crippen molar-refractivity contribution in [3.8, 4) is 0 Å². The number of aromatic amines is 1. The fraction of sp³-hybridized carbons (Fsp3) is 0.500. The topological polar surface area (TPSA) is 90.2 Å². The summed E-state index contributed by atoms with van der Waals surface area (Å²) < 4.78 is 10.2. The zero-order valence-corrected chi connectivity index (χ0v) is 7.53. The molecule has 76 valence electrons. The van der Waals surface area contributed by atoms with Gasteiger partial charge in [0.15, 0.2) is 5.69 Å². The number of nitrogens with one attached hydrogen (secondary N) is 1. The van der Waals surface area contributed by atoms with Gasteiger partial charge in [-0.05, 0) is 0 Å². The standard InChI is InChI=1S/C8H11N3O3/c9-6-3-10-11-7(6)8(12)14-5-1-2-13-4-5/h3,5H,1-2,4,9H2,(H,10,11). The maximum atomic E-state index is 11.5. The largest absolute Gasteiger partial charge is 0.455 e. The molecule has 1 aromatic rings. The number of hydrogen-bond acceptors (Lipinski definition) is 5. The zero-order valence-electron chi connectivity index (χ0n) is 7.53. The minimum absolute atomic E-state index is 0.162. The molecule has 0 spiro atoms. The Morgan fingerprint density at radius 1 is 1.79 bits per heavy atom. The Balaban J connectivity index is 1.98. The van der Waals surface area contributed by atoms with Crippen LogP contribution in [0, 0.1) is 0 Å². The second-order valence-electron chi connectivity index (χ2n) is 3.09. The number of carbonyl (C=O) groups is 1. The van der Waals surface area contributed by atoms with Crippen LogP contribution in [0.1, 0.15) is 16.9 Å². The third-order valence-corrected chi connectivity index (χ3v) is 2.03. The van der Waals surface area contributed by atoms with Crippen LogP contribution in [0.25, 0.3) is 0 Å². The Labute approximate surface area is 80.4 Å². The molecule has 1 fully saturated rings. The van der Waals surface area contributed by atoms with Gasteiger partial charge in [0.05, 0.1) is 25.1 Å². The van der Waals surface area contributed by atoms with Crippen molar-refractivity contribution >= 4 is 11.7 Å². The number of hydrogen-bond donors (Lipinski definition) is 2. The van der Waals surface area contributed by atoms with Gasteiger partial charge < -0.3 is 15.2 Å². The predicted octanol–water partition coefficient (Wildman–Crippen LogP) is -0.0624. The maximum absolute atomic E-state index is 11.5. The molecule has 2 rings (SSSR count). The first-order valence-electron chi connectivity index (χ1n) is 4.35. The number of carbonyl (C=O) groups excluding carboxylic acids is 1. The van der Waals surface area contributed by atoms with Crippen molar-refractivity contribution in [1.29, 1.82) is 0 Å². The van der Waals surface area contributed by atoms with Crippen molar-refractivity contribution in [1.82, 2.24) is 10.2 Å². The summed E-state index contributed by atoms with van der Waals surface area (Å²) in [5.41, 5.74) is 6.00. The Kier molecular flexibility index (Phi) is 2.36. The average Bonchev–Trinajstić information content (AvgIpc) is 2.75.